The first-order chi connectivity index (χ1) is 6.70. The zero-order chi connectivity index (χ0) is 10.1. The molecule has 0 radical (unpaired) electrons. The molecule has 2 atom stereocenters. The molecule has 1 aromatic rings. The van der Waals surface area contributed by atoms with Crippen LogP contribution in [0.4, 0.5) is 0 Å². The molecule has 1 heterocycles. The van der Waals surface area contributed by atoms with Crippen molar-refractivity contribution >= 4 is 11.8 Å². The number of methoxy groups -OCH3 is 1. The average Bonchev–Trinajstić information content (AvgIpc) is 2.16. The first-order valence-electron chi connectivity index (χ1n) is 4.81. The zero-order valence-electron chi connectivity index (χ0n) is 8.49. The Bertz CT molecular complexity index is 340. The molecule has 3 heteroatoms. The lowest BCUT2D eigenvalue weighted by Gasteiger charge is -2.26. The molecule has 0 aliphatic carbocycles. The quantitative estimate of drug-likeness (QED) is 0.772. The predicted molar refractivity (Wildman–Crippen MR) is 59.9 cm³/mol. The van der Waals surface area contributed by atoms with Crippen LogP contribution in [0, 0.1) is 0 Å². The van der Waals surface area contributed by atoms with E-state index in [0.717, 1.165) is 12.2 Å². The Labute approximate surface area is 88.8 Å². The van der Waals surface area contributed by atoms with Gasteiger partial charge in [0.05, 0.1) is 7.11 Å². The SMILES string of the molecule is COc1ccc2c(c1)SC(C)CC2N. The van der Waals surface area contributed by atoms with E-state index in [-0.39, 0.29) is 6.04 Å². The fraction of sp³-hybridized carbons (Fsp3) is 0.455. The zero-order valence-corrected chi connectivity index (χ0v) is 9.30. The van der Waals surface area contributed by atoms with Crippen LogP contribution in [-0.4, -0.2) is 12.4 Å². The molecule has 76 valence electrons. The van der Waals surface area contributed by atoms with Gasteiger partial charge in [-0.1, -0.05) is 13.0 Å². The molecule has 2 nitrogen and oxygen atoms in total. The summed E-state index contributed by atoms with van der Waals surface area (Å²) in [6, 6.07) is 6.33. The third-order valence-corrected chi connectivity index (χ3v) is 3.74. The van der Waals surface area contributed by atoms with E-state index < -0.39 is 0 Å². The summed E-state index contributed by atoms with van der Waals surface area (Å²) in [6.07, 6.45) is 1.06. The summed E-state index contributed by atoms with van der Waals surface area (Å²) in [4.78, 5) is 1.27. The molecule has 1 aliphatic rings. The summed E-state index contributed by atoms with van der Waals surface area (Å²) < 4.78 is 5.20. The van der Waals surface area contributed by atoms with Gasteiger partial charge in [0, 0.05) is 16.2 Å². The van der Waals surface area contributed by atoms with Crippen molar-refractivity contribution in [3.8, 4) is 5.75 Å². The van der Waals surface area contributed by atoms with Crippen LogP contribution in [0.3, 0.4) is 0 Å². The van der Waals surface area contributed by atoms with Crippen molar-refractivity contribution in [1.29, 1.82) is 0 Å². The molecule has 0 aromatic heterocycles. The fourth-order valence-electron chi connectivity index (χ4n) is 1.80. The van der Waals surface area contributed by atoms with Crippen molar-refractivity contribution in [3.05, 3.63) is 23.8 Å². The topological polar surface area (TPSA) is 35.2 Å². The van der Waals surface area contributed by atoms with Gasteiger partial charge < -0.3 is 10.5 Å². The van der Waals surface area contributed by atoms with Gasteiger partial charge in [-0.15, -0.1) is 11.8 Å². The van der Waals surface area contributed by atoms with E-state index in [9.17, 15) is 0 Å². The molecule has 0 saturated carbocycles. The van der Waals surface area contributed by atoms with Gasteiger partial charge in [0.25, 0.3) is 0 Å². The van der Waals surface area contributed by atoms with Crippen LogP contribution in [0.2, 0.25) is 0 Å². The summed E-state index contributed by atoms with van der Waals surface area (Å²) in [6.45, 7) is 2.22. The minimum atomic E-state index is 0.187. The highest BCUT2D eigenvalue weighted by Gasteiger charge is 2.22. The largest absolute Gasteiger partial charge is 0.497 e. The Morgan fingerprint density at radius 1 is 1.50 bits per heavy atom. The number of ether oxygens (including phenoxy) is 1. The van der Waals surface area contributed by atoms with Gasteiger partial charge in [-0.2, -0.15) is 0 Å². The van der Waals surface area contributed by atoms with Crippen LogP contribution < -0.4 is 10.5 Å². The summed E-state index contributed by atoms with van der Waals surface area (Å²) in [7, 11) is 1.69. The van der Waals surface area contributed by atoms with Crippen molar-refractivity contribution in [2.24, 2.45) is 5.73 Å². The number of nitrogens with two attached hydrogens (primary N) is 1. The van der Waals surface area contributed by atoms with Gasteiger partial charge in [-0.05, 0) is 24.1 Å². The number of fused-ring (bicyclic) bond motifs is 1. The second-order valence-corrected chi connectivity index (χ2v) is 5.15. The molecular weight excluding hydrogens is 194 g/mol. The lowest BCUT2D eigenvalue weighted by Crippen LogP contribution is -2.20. The maximum absolute atomic E-state index is 6.07. The number of rotatable bonds is 1. The second-order valence-electron chi connectivity index (χ2n) is 3.67. The lowest BCUT2D eigenvalue weighted by molar-refractivity contribution is 0.413. The molecule has 2 unspecified atom stereocenters. The normalized spacial score (nSPS) is 25.6. The Balaban J connectivity index is 2.39. The molecule has 1 aliphatic heterocycles. The van der Waals surface area contributed by atoms with E-state index in [1.807, 2.05) is 17.8 Å². The Morgan fingerprint density at radius 2 is 2.29 bits per heavy atom. The fourth-order valence-corrected chi connectivity index (χ4v) is 3.08. The van der Waals surface area contributed by atoms with Gasteiger partial charge in [0.1, 0.15) is 5.75 Å². The van der Waals surface area contributed by atoms with E-state index in [2.05, 4.69) is 19.1 Å². The third-order valence-electron chi connectivity index (χ3n) is 2.53. The highest BCUT2D eigenvalue weighted by molar-refractivity contribution is 8.00. The highest BCUT2D eigenvalue weighted by atomic mass is 32.2. The van der Waals surface area contributed by atoms with Gasteiger partial charge in [-0.3, -0.25) is 0 Å². The van der Waals surface area contributed by atoms with Crippen LogP contribution in [-0.2, 0) is 0 Å². The van der Waals surface area contributed by atoms with Crippen molar-refractivity contribution in [2.45, 2.75) is 29.5 Å². The predicted octanol–water partition coefficient (Wildman–Crippen LogP) is 2.58. The van der Waals surface area contributed by atoms with Gasteiger partial charge >= 0.3 is 0 Å². The number of hydrogen-bond donors (Lipinski definition) is 1. The Kier molecular flexibility index (Phi) is 2.70. The first kappa shape index (κ1) is 9.87. The van der Waals surface area contributed by atoms with E-state index >= 15 is 0 Å². The highest BCUT2D eigenvalue weighted by Crippen LogP contribution is 2.40. The van der Waals surface area contributed by atoms with Gasteiger partial charge in [0.2, 0.25) is 0 Å². The standard InChI is InChI=1S/C11H15NOS/c1-7-5-10(12)9-4-3-8(13-2)6-11(9)14-7/h3-4,6-7,10H,5,12H2,1-2H3. The third kappa shape index (κ3) is 1.74. The van der Waals surface area contributed by atoms with E-state index in [0.29, 0.717) is 5.25 Å². The monoisotopic (exact) mass is 209 g/mol. The number of benzene rings is 1. The summed E-state index contributed by atoms with van der Waals surface area (Å²) in [5, 5.41) is 0.601. The first-order valence-corrected chi connectivity index (χ1v) is 5.69. The summed E-state index contributed by atoms with van der Waals surface area (Å²) in [5.74, 6) is 0.914. The molecule has 0 spiro atoms. The van der Waals surface area contributed by atoms with Crippen molar-refractivity contribution in [2.75, 3.05) is 7.11 Å². The molecule has 0 saturated heterocycles. The Morgan fingerprint density at radius 3 is 3.00 bits per heavy atom. The van der Waals surface area contributed by atoms with E-state index in [1.165, 1.54) is 10.5 Å². The van der Waals surface area contributed by atoms with Crippen LogP contribution in [0.1, 0.15) is 24.9 Å². The van der Waals surface area contributed by atoms with Crippen molar-refractivity contribution < 1.29 is 4.74 Å². The number of hydrogen-bond acceptors (Lipinski definition) is 3. The van der Waals surface area contributed by atoms with Crippen molar-refractivity contribution in [3.63, 3.8) is 0 Å². The minimum absolute atomic E-state index is 0.187. The average molecular weight is 209 g/mol. The van der Waals surface area contributed by atoms with Crippen LogP contribution in [0.15, 0.2) is 23.1 Å². The maximum atomic E-state index is 6.07. The lowest BCUT2D eigenvalue weighted by atomic mass is 10.0. The van der Waals surface area contributed by atoms with Gasteiger partial charge in [-0.25, -0.2) is 0 Å². The molecule has 14 heavy (non-hydrogen) atoms. The maximum Gasteiger partial charge on any atom is 0.119 e. The molecule has 0 amide bonds. The van der Waals surface area contributed by atoms with Crippen LogP contribution >= 0.6 is 11.8 Å². The van der Waals surface area contributed by atoms with E-state index in [4.69, 9.17) is 10.5 Å². The minimum Gasteiger partial charge on any atom is -0.497 e. The smallest absolute Gasteiger partial charge is 0.119 e. The summed E-state index contributed by atoms with van der Waals surface area (Å²) >= 11 is 1.89. The van der Waals surface area contributed by atoms with Crippen LogP contribution in [0.5, 0.6) is 5.75 Å². The second kappa shape index (κ2) is 3.83. The summed E-state index contributed by atoms with van der Waals surface area (Å²) in [5.41, 5.74) is 7.33. The Hall–Kier alpha value is -0.670. The van der Waals surface area contributed by atoms with Gasteiger partial charge in [0.15, 0.2) is 0 Å². The van der Waals surface area contributed by atoms with Crippen molar-refractivity contribution in [1.82, 2.24) is 0 Å². The van der Waals surface area contributed by atoms with Crippen LogP contribution in [0.25, 0.3) is 0 Å². The molecule has 2 rings (SSSR count). The molecular formula is C11H15NOS. The molecule has 1 aromatic carbocycles. The number of thioether (sulfide) groups is 1. The molecule has 0 bridgehead atoms. The van der Waals surface area contributed by atoms with E-state index in [1.54, 1.807) is 7.11 Å². The molecule has 0 fully saturated rings. The molecule has 2 N–H and O–H groups in total.